The number of carbonyl (C=O) groups excluding carboxylic acids is 1. The van der Waals surface area contributed by atoms with Crippen molar-refractivity contribution in [3.63, 3.8) is 0 Å². The van der Waals surface area contributed by atoms with Gasteiger partial charge >= 0.3 is 0 Å². The van der Waals surface area contributed by atoms with Crippen molar-refractivity contribution < 1.29 is 4.79 Å². The lowest BCUT2D eigenvalue weighted by molar-refractivity contribution is -0.122. The Morgan fingerprint density at radius 2 is 2.15 bits per heavy atom. The van der Waals surface area contributed by atoms with Crippen LogP contribution in [-0.4, -0.2) is 26.9 Å². The predicted octanol–water partition coefficient (Wildman–Crippen LogP) is 2.18. The highest BCUT2D eigenvalue weighted by atomic mass is 79.9. The fourth-order valence-electron chi connectivity index (χ4n) is 1.89. The molecular weight excluding hydrogens is 320 g/mol. The topological polar surface area (TPSA) is 59.8 Å². The monoisotopic (exact) mass is 336 g/mol. The van der Waals surface area contributed by atoms with Gasteiger partial charge in [0.15, 0.2) is 0 Å². The van der Waals surface area contributed by atoms with E-state index in [1.165, 1.54) is 10.2 Å². The van der Waals surface area contributed by atoms with Crippen LogP contribution in [0.5, 0.6) is 0 Å². The number of hydrogen-bond donors (Lipinski definition) is 1. The van der Waals surface area contributed by atoms with Crippen LogP contribution in [0.3, 0.4) is 0 Å². The van der Waals surface area contributed by atoms with E-state index < -0.39 is 0 Å². The number of amides is 1. The second-order valence-electron chi connectivity index (χ2n) is 4.73. The molecule has 0 fully saturated rings. The number of aromatic nitrogens is 3. The lowest BCUT2D eigenvalue weighted by Crippen LogP contribution is -2.35. The van der Waals surface area contributed by atoms with Crippen LogP contribution < -0.4 is 5.32 Å². The molecule has 6 heteroatoms. The quantitative estimate of drug-likeness (QED) is 0.879. The van der Waals surface area contributed by atoms with E-state index in [-0.39, 0.29) is 18.5 Å². The molecule has 0 aliphatic carbocycles. The summed E-state index contributed by atoms with van der Waals surface area (Å²) in [6, 6.07) is 8.38. The largest absolute Gasteiger partial charge is 0.352 e. The molecular formula is C14H17BrN4O. The van der Waals surface area contributed by atoms with Gasteiger partial charge in [0.05, 0.1) is 6.20 Å². The van der Waals surface area contributed by atoms with Crippen LogP contribution in [0.1, 0.15) is 18.9 Å². The second kappa shape index (κ2) is 7.19. The van der Waals surface area contributed by atoms with Crippen molar-refractivity contribution in [1.82, 2.24) is 20.3 Å². The maximum absolute atomic E-state index is 11.8. The molecule has 1 N–H and O–H groups in total. The van der Waals surface area contributed by atoms with E-state index in [2.05, 4.69) is 43.7 Å². The van der Waals surface area contributed by atoms with E-state index >= 15 is 0 Å². The maximum atomic E-state index is 11.8. The van der Waals surface area contributed by atoms with Crippen molar-refractivity contribution in [3.8, 4) is 0 Å². The highest BCUT2D eigenvalue weighted by Crippen LogP contribution is 2.12. The van der Waals surface area contributed by atoms with E-state index in [4.69, 9.17) is 0 Å². The van der Waals surface area contributed by atoms with Gasteiger partial charge in [-0.2, -0.15) is 0 Å². The minimum atomic E-state index is -0.0428. The summed E-state index contributed by atoms with van der Waals surface area (Å²) in [7, 11) is 0. The molecule has 1 amide bonds. The van der Waals surface area contributed by atoms with Crippen LogP contribution in [-0.2, 0) is 17.8 Å². The summed E-state index contributed by atoms with van der Waals surface area (Å²) < 4.78 is 2.59. The van der Waals surface area contributed by atoms with Crippen molar-refractivity contribution in [3.05, 3.63) is 46.7 Å². The summed E-state index contributed by atoms with van der Waals surface area (Å²) in [4.78, 5) is 11.8. The zero-order valence-corrected chi connectivity index (χ0v) is 12.9. The van der Waals surface area contributed by atoms with Crippen molar-refractivity contribution in [2.24, 2.45) is 0 Å². The van der Waals surface area contributed by atoms with E-state index in [1.54, 1.807) is 12.4 Å². The molecule has 0 saturated heterocycles. The van der Waals surface area contributed by atoms with Crippen LogP contribution in [0, 0.1) is 0 Å². The van der Waals surface area contributed by atoms with Crippen molar-refractivity contribution in [2.75, 3.05) is 0 Å². The third-order valence-corrected chi connectivity index (χ3v) is 3.49. The number of benzene rings is 1. The first-order valence-electron chi connectivity index (χ1n) is 6.51. The van der Waals surface area contributed by atoms with Crippen molar-refractivity contribution in [1.29, 1.82) is 0 Å². The fourth-order valence-corrected chi connectivity index (χ4v) is 2.16. The number of hydrogen-bond acceptors (Lipinski definition) is 3. The molecule has 1 unspecified atom stereocenters. The molecule has 106 valence electrons. The molecule has 20 heavy (non-hydrogen) atoms. The molecule has 2 rings (SSSR count). The molecule has 1 heterocycles. The molecule has 0 aliphatic heterocycles. The van der Waals surface area contributed by atoms with E-state index in [0.717, 1.165) is 17.3 Å². The zero-order valence-electron chi connectivity index (χ0n) is 11.3. The molecule has 1 aromatic heterocycles. The maximum Gasteiger partial charge on any atom is 0.242 e. The van der Waals surface area contributed by atoms with E-state index in [0.29, 0.717) is 0 Å². The third-order valence-electron chi connectivity index (χ3n) is 2.96. The number of aryl methyl sites for hydroxylation is 1. The highest BCUT2D eigenvalue weighted by Gasteiger charge is 2.08. The molecule has 1 atom stereocenters. The number of nitrogens with one attached hydrogen (secondary N) is 1. The van der Waals surface area contributed by atoms with Gasteiger partial charge < -0.3 is 5.32 Å². The summed E-state index contributed by atoms with van der Waals surface area (Å²) in [6.07, 6.45) is 5.08. The number of carbonyl (C=O) groups is 1. The first-order chi connectivity index (χ1) is 9.63. The summed E-state index contributed by atoms with van der Waals surface area (Å²) in [6.45, 7) is 2.22. The number of halogens is 1. The van der Waals surface area contributed by atoms with Gasteiger partial charge in [-0.25, -0.2) is 4.68 Å². The van der Waals surface area contributed by atoms with Gasteiger partial charge in [0, 0.05) is 16.7 Å². The van der Waals surface area contributed by atoms with Gasteiger partial charge in [-0.15, -0.1) is 5.10 Å². The molecule has 5 nitrogen and oxygen atoms in total. The Morgan fingerprint density at radius 1 is 1.40 bits per heavy atom. The lowest BCUT2D eigenvalue weighted by Gasteiger charge is -2.13. The van der Waals surface area contributed by atoms with E-state index in [1.807, 2.05) is 19.1 Å². The summed E-state index contributed by atoms with van der Waals surface area (Å²) >= 11 is 3.42. The molecule has 0 bridgehead atoms. The number of nitrogens with zero attached hydrogens (tertiary/aromatic N) is 3. The molecule has 0 radical (unpaired) electrons. The molecule has 0 saturated carbocycles. The Labute approximate surface area is 126 Å². The molecule has 0 aliphatic rings. The minimum absolute atomic E-state index is 0.0428. The normalized spacial score (nSPS) is 12.1. The highest BCUT2D eigenvalue weighted by molar-refractivity contribution is 9.10. The smallest absolute Gasteiger partial charge is 0.242 e. The van der Waals surface area contributed by atoms with Crippen molar-refractivity contribution >= 4 is 21.8 Å². The van der Waals surface area contributed by atoms with Crippen LogP contribution in [0.4, 0.5) is 0 Å². The first kappa shape index (κ1) is 14.7. The Kier molecular flexibility index (Phi) is 5.29. The summed E-state index contributed by atoms with van der Waals surface area (Å²) in [5.74, 6) is -0.0428. The predicted molar refractivity (Wildman–Crippen MR) is 80.1 cm³/mol. The van der Waals surface area contributed by atoms with Gasteiger partial charge in [-0.1, -0.05) is 33.3 Å². The average molecular weight is 337 g/mol. The molecule has 0 spiro atoms. The SMILES string of the molecule is CC(CCc1ccc(Br)cc1)NC(=O)Cn1ccnn1. The van der Waals surface area contributed by atoms with Gasteiger partial charge in [0.1, 0.15) is 6.54 Å². The standard InChI is InChI=1S/C14H17BrN4O/c1-11(2-3-12-4-6-13(15)7-5-12)17-14(20)10-19-9-8-16-18-19/h4-9,11H,2-3,10H2,1H3,(H,17,20). The molecule has 1 aromatic carbocycles. The zero-order chi connectivity index (χ0) is 14.4. The van der Waals surface area contributed by atoms with Crippen LogP contribution in [0.25, 0.3) is 0 Å². The Balaban J connectivity index is 1.73. The van der Waals surface area contributed by atoms with Crippen LogP contribution in [0.15, 0.2) is 41.1 Å². The van der Waals surface area contributed by atoms with Crippen molar-refractivity contribution in [2.45, 2.75) is 32.4 Å². The Hall–Kier alpha value is -1.69. The van der Waals surface area contributed by atoms with Gasteiger partial charge in [0.2, 0.25) is 5.91 Å². The van der Waals surface area contributed by atoms with Crippen LogP contribution >= 0.6 is 15.9 Å². The van der Waals surface area contributed by atoms with Crippen LogP contribution in [0.2, 0.25) is 0 Å². The van der Waals surface area contributed by atoms with E-state index in [9.17, 15) is 4.79 Å². The van der Waals surface area contributed by atoms with Gasteiger partial charge in [-0.3, -0.25) is 4.79 Å². The van der Waals surface area contributed by atoms with Gasteiger partial charge in [-0.05, 0) is 37.5 Å². The average Bonchev–Trinajstić information content (AvgIpc) is 2.90. The fraction of sp³-hybridized carbons (Fsp3) is 0.357. The molecule has 2 aromatic rings. The Morgan fingerprint density at radius 3 is 2.80 bits per heavy atom. The second-order valence-corrected chi connectivity index (χ2v) is 5.65. The van der Waals surface area contributed by atoms with Gasteiger partial charge in [0.25, 0.3) is 0 Å². The summed E-state index contributed by atoms with van der Waals surface area (Å²) in [5.41, 5.74) is 1.27. The third kappa shape index (κ3) is 4.77. The Bertz CT molecular complexity index is 539. The minimum Gasteiger partial charge on any atom is -0.352 e. The first-order valence-corrected chi connectivity index (χ1v) is 7.30. The lowest BCUT2D eigenvalue weighted by atomic mass is 10.1. The number of rotatable bonds is 6. The summed E-state index contributed by atoms with van der Waals surface area (Å²) in [5, 5.41) is 10.4.